The average molecular weight is 250 g/mol. The van der Waals surface area contributed by atoms with Gasteiger partial charge in [-0.25, -0.2) is 0 Å². The van der Waals surface area contributed by atoms with Crippen molar-refractivity contribution < 1.29 is 0 Å². The summed E-state index contributed by atoms with van der Waals surface area (Å²) in [5.74, 6) is 0. The Kier molecular flexibility index (Phi) is 7.53. The summed E-state index contributed by atoms with van der Waals surface area (Å²) in [6, 6.07) is 0.319. The Bertz CT molecular complexity index is 298. The van der Waals surface area contributed by atoms with Gasteiger partial charge in [0.15, 0.2) is 0 Å². The van der Waals surface area contributed by atoms with Gasteiger partial charge in [0.25, 0.3) is 0 Å². The van der Waals surface area contributed by atoms with E-state index in [-0.39, 0.29) is 0 Å². The molecule has 1 rings (SSSR count). The molecule has 18 heavy (non-hydrogen) atoms. The van der Waals surface area contributed by atoms with Crippen LogP contribution >= 0.6 is 0 Å². The van der Waals surface area contributed by atoms with Crippen LogP contribution < -0.4 is 5.32 Å². The Morgan fingerprint density at radius 3 is 2.56 bits per heavy atom. The smallest absolute Gasteiger partial charge is 0.0756 e. The first-order chi connectivity index (χ1) is 8.81. The van der Waals surface area contributed by atoms with E-state index < -0.39 is 0 Å². The first kappa shape index (κ1) is 15.1. The second kappa shape index (κ2) is 9.00. The number of hydrogen-bond acceptors (Lipinski definition) is 4. The molecule has 0 aliphatic heterocycles. The molecule has 102 valence electrons. The molecule has 0 aromatic carbocycles. The normalized spacial score (nSPS) is 12.9. The molecule has 0 aliphatic carbocycles. The minimum absolute atomic E-state index is 0.319. The molecule has 0 saturated heterocycles. The van der Waals surface area contributed by atoms with Crippen molar-refractivity contribution in [2.75, 3.05) is 26.2 Å². The maximum absolute atomic E-state index is 4.42. The summed E-state index contributed by atoms with van der Waals surface area (Å²) in [7, 11) is 0. The van der Waals surface area contributed by atoms with Crippen molar-refractivity contribution in [3.05, 3.63) is 24.3 Å². The lowest BCUT2D eigenvalue weighted by Gasteiger charge is -2.23. The van der Waals surface area contributed by atoms with Crippen LogP contribution in [0.5, 0.6) is 0 Å². The van der Waals surface area contributed by atoms with Crippen LogP contribution in [0.25, 0.3) is 0 Å². The van der Waals surface area contributed by atoms with Crippen LogP contribution in [0.1, 0.15) is 45.3 Å². The second-order valence-corrected chi connectivity index (χ2v) is 4.45. The van der Waals surface area contributed by atoms with Crippen LogP contribution in [-0.2, 0) is 0 Å². The molecule has 1 aromatic rings. The molecule has 0 bridgehead atoms. The second-order valence-electron chi connectivity index (χ2n) is 4.45. The molecule has 1 aromatic heterocycles. The largest absolute Gasteiger partial charge is 0.309 e. The predicted molar refractivity (Wildman–Crippen MR) is 75.5 cm³/mol. The van der Waals surface area contributed by atoms with Crippen LogP contribution in [0.2, 0.25) is 0 Å². The van der Waals surface area contributed by atoms with Gasteiger partial charge >= 0.3 is 0 Å². The lowest BCUT2D eigenvalue weighted by Crippen LogP contribution is -2.30. The van der Waals surface area contributed by atoms with Crippen molar-refractivity contribution in [3.8, 4) is 0 Å². The molecular weight excluding hydrogens is 224 g/mol. The minimum atomic E-state index is 0.319. The summed E-state index contributed by atoms with van der Waals surface area (Å²) in [5, 5.41) is 3.56. The van der Waals surface area contributed by atoms with Crippen molar-refractivity contribution in [1.82, 2.24) is 20.2 Å². The van der Waals surface area contributed by atoms with E-state index >= 15 is 0 Å². The summed E-state index contributed by atoms with van der Waals surface area (Å²) in [6.45, 7) is 10.9. The molecule has 0 spiro atoms. The summed E-state index contributed by atoms with van der Waals surface area (Å²) < 4.78 is 0. The van der Waals surface area contributed by atoms with Gasteiger partial charge < -0.3 is 10.2 Å². The third-order valence-corrected chi connectivity index (χ3v) is 3.21. The van der Waals surface area contributed by atoms with Gasteiger partial charge in [-0.1, -0.05) is 20.8 Å². The highest BCUT2D eigenvalue weighted by atomic mass is 15.1. The van der Waals surface area contributed by atoms with Crippen LogP contribution in [0, 0.1) is 0 Å². The van der Waals surface area contributed by atoms with Gasteiger partial charge in [0.05, 0.1) is 11.7 Å². The molecule has 0 fully saturated rings. The molecule has 4 heteroatoms. The maximum atomic E-state index is 4.42. The summed E-state index contributed by atoms with van der Waals surface area (Å²) in [4.78, 5) is 11.0. The predicted octanol–water partition coefficient (Wildman–Crippen LogP) is 2.25. The molecule has 1 heterocycles. The lowest BCUT2D eigenvalue weighted by atomic mass is 10.1. The van der Waals surface area contributed by atoms with E-state index in [4.69, 9.17) is 0 Å². The van der Waals surface area contributed by atoms with E-state index in [1.807, 2.05) is 6.20 Å². The number of hydrogen-bond donors (Lipinski definition) is 1. The third kappa shape index (κ3) is 5.10. The zero-order valence-electron chi connectivity index (χ0n) is 11.9. The van der Waals surface area contributed by atoms with Gasteiger partial charge in [0, 0.05) is 18.6 Å². The zero-order valence-corrected chi connectivity index (χ0v) is 11.9. The van der Waals surface area contributed by atoms with E-state index in [0.717, 1.165) is 44.7 Å². The summed E-state index contributed by atoms with van der Waals surface area (Å²) in [5.41, 5.74) is 1.05. The lowest BCUT2D eigenvalue weighted by molar-refractivity contribution is 0.280. The monoisotopic (exact) mass is 250 g/mol. The highest BCUT2D eigenvalue weighted by Gasteiger charge is 2.13. The SMILES string of the molecule is CCCNC(CCN(CC)CC)c1cnccn1. The fourth-order valence-electron chi connectivity index (χ4n) is 2.02. The van der Waals surface area contributed by atoms with Crippen LogP contribution in [0.3, 0.4) is 0 Å². The molecule has 0 radical (unpaired) electrons. The first-order valence-electron chi connectivity index (χ1n) is 7.03. The van der Waals surface area contributed by atoms with Gasteiger partial charge in [-0.3, -0.25) is 9.97 Å². The Hall–Kier alpha value is -1.00. The standard InChI is InChI=1S/C14H26N4/c1-4-8-16-13(7-11-18(5-2)6-3)14-12-15-9-10-17-14/h9-10,12-13,16H,4-8,11H2,1-3H3. The van der Waals surface area contributed by atoms with Gasteiger partial charge in [0.1, 0.15) is 0 Å². The van der Waals surface area contributed by atoms with E-state index in [1.165, 1.54) is 0 Å². The van der Waals surface area contributed by atoms with E-state index in [2.05, 4.69) is 41.0 Å². The number of nitrogens with one attached hydrogen (secondary N) is 1. The minimum Gasteiger partial charge on any atom is -0.309 e. The number of aromatic nitrogens is 2. The molecule has 0 aliphatic rings. The zero-order chi connectivity index (χ0) is 13.2. The number of nitrogens with zero attached hydrogens (tertiary/aromatic N) is 3. The highest BCUT2D eigenvalue weighted by Crippen LogP contribution is 2.13. The molecule has 1 atom stereocenters. The average Bonchev–Trinajstić information content (AvgIpc) is 2.44. The molecular formula is C14H26N4. The fourth-order valence-corrected chi connectivity index (χ4v) is 2.02. The molecule has 0 amide bonds. The van der Waals surface area contributed by atoms with Crippen molar-refractivity contribution in [2.24, 2.45) is 0 Å². The molecule has 1 unspecified atom stereocenters. The maximum Gasteiger partial charge on any atom is 0.0756 e. The quantitative estimate of drug-likeness (QED) is 0.730. The Morgan fingerprint density at radius 1 is 1.22 bits per heavy atom. The number of rotatable bonds is 9. The van der Waals surface area contributed by atoms with Crippen LogP contribution in [-0.4, -0.2) is 41.0 Å². The van der Waals surface area contributed by atoms with Crippen molar-refractivity contribution >= 4 is 0 Å². The van der Waals surface area contributed by atoms with E-state index in [0.29, 0.717) is 6.04 Å². The third-order valence-electron chi connectivity index (χ3n) is 3.21. The highest BCUT2D eigenvalue weighted by molar-refractivity contribution is 5.02. The van der Waals surface area contributed by atoms with Gasteiger partial charge in [-0.15, -0.1) is 0 Å². The Labute approximate surface area is 111 Å². The van der Waals surface area contributed by atoms with E-state index in [1.54, 1.807) is 12.4 Å². The summed E-state index contributed by atoms with van der Waals surface area (Å²) in [6.07, 6.45) is 7.59. The fraction of sp³-hybridized carbons (Fsp3) is 0.714. The Balaban J connectivity index is 2.56. The van der Waals surface area contributed by atoms with Gasteiger partial charge in [0.2, 0.25) is 0 Å². The van der Waals surface area contributed by atoms with Crippen LogP contribution in [0.15, 0.2) is 18.6 Å². The van der Waals surface area contributed by atoms with Crippen molar-refractivity contribution in [3.63, 3.8) is 0 Å². The molecule has 0 saturated carbocycles. The topological polar surface area (TPSA) is 41.0 Å². The molecule has 4 nitrogen and oxygen atoms in total. The van der Waals surface area contributed by atoms with Crippen LogP contribution in [0.4, 0.5) is 0 Å². The van der Waals surface area contributed by atoms with Crippen molar-refractivity contribution in [2.45, 2.75) is 39.7 Å². The summed E-state index contributed by atoms with van der Waals surface area (Å²) >= 11 is 0. The molecule has 1 N–H and O–H groups in total. The van der Waals surface area contributed by atoms with Gasteiger partial charge in [-0.05, 0) is 39.0 Å². The van der Waals surface area contributed by atoms with E-state index in [9.17, 15) is 0 Å². The first-order valence-corrected chi connectivity index (χ1v) is 7.03. The van der Waals surface area contributed by atoms with Gasteiger partial charge in [-0.2, -0.15) is 0 Å². The van der Waals surface area contributed by atoms with Crippen molar-refractivity contribution in [1.29, 1.82) is 0 Å². The Morgan fingerprint density at radius 2 is 2.00 bits per heavy atom.